The quantitative estimate of drug-likeness (QED) is 0.0912. The topological polar surface area (TPSA) is 169 Å². The third kappa shape index (κ3) is 16.5. The van der Waals surface area contributed by atoms with E-state index in [-0.39, 0.29) is 44.4 Å². The first-order valence-corrected chi connectivity index (χ1v) is 11.8. The monoisotopic (exact) mass is 477 g/mol. The number of ether oxygens (including phenoxy) is 1. The van der Waals surface area contributed by atoms with Gasteiger partial charge in [0.2, 0.25) is 11.8 Å². The fraction of sp³-hybridized carbons (Fsp3) is 0.583. The number of nitrogens with two attached hydrogens (primary N) is 2. The van der Waals surface area contributed by atoms with E-state index in [1.165, 1.54) is 0 Å². The smallest absolute Gasteiger partial charge is 0.307 e. The number of hydrogen-bond donors (Lipinski definition) is 5. The lowest BCUT2D eigenvalue weighted by Crippen LogP contribution is -2.36. The van der Waals surface area contributed by atoms with Gasteiger partial charge in [-0.15, -0.1) is 0 Å². The molecule has 1 aromatic rings. The Bertz CT molecular complexity index is 753. The maximum atomic E-state index is 11.9. The largest absolute Gasteiger partial charge is 0.461 e. The molecule has 0 saturated heterocycles. The summed E-state index contributed by atoms with van der Waals surface area (Å²) in [5.41, 5.74) is 11.4. The second-order valence-corrected chi connectivity index (χ2v) is 8.09. The van der Waals surface area contributed by atoms with Gasteiger partial charge < -0.3 is 31.9 Å². The lowest BCUT2D eigenvalue weighted by molar-refractivity contribution is -0.144. The van der Waals surface area contributed by atoms with Gasteiger partial charge in [-0.1, -0.05) is 56.0 Å². The predicted octanol–water partition coefficient (Wildman–Crippen LogP) is 1.11. The lowest BCUT2D eigenvalue weighted by atomic mass is 10.1. The Balaban J connectivity index is 1.99. The molecule has 34 heavy (non-hydrogen) atoms. The minimum atomic E-state index is -0.987. The lowest BCUT2D eigenvalue weighted by Gasteiger charge is -2.12. The van der Waals surface area contributed by atoms with Crippen molar-refractivity contribution in [1.29, 1.82) is 0 Å². The fourth-order valence-electron chi connectivity index (χ4n) is 3.11. The van der Waals surface area contributed by atoms with E-state index in [2.05, 4.69) is 15.6 Å². The first-order valence-electron chi connectivity index (χ1n) is 11.8. The molecule has 0 radical (unpaired) electrons. The van der Waals surface area contributed by atoms with Gasteiger partial charge in [0, 0.05) is 26.1 Å². The van der Waals surface area contributed by atoms with Crippen LogP contribution in [0.2, 0.25) is 0 Å². The zero-order valence-corrected chi connectivity index (χ0v) is 19.8. The van der Waals surface area contributed by atoms with Crippen LogP contribution in [0.5, 0.6) is 0 Å². The summed E-state index contributed by atoms with van der Waals surface area (Å²) in [5.74, 6) is -0.831. The second-order valence-electron chi connectivity index (χ2n) is 8.09. The van der Waals surface area contributed by atoms with Gasteiger partial charge in [0.25, 0.3) is 0 Å². The van der Waals surface area contributed by atoms with E-state index in [0.29, 0.717) is 13.0 Å². The van der Waals surface area contributed by atoms with Gasteiger partial charge in [0.15, 0.2) is 5.96 Å². The SMILES string of the molecule is NC(N)=NCCCCCCCCC(=O)NCC(O)CC(=O)NCCC(=O)OCc1ccccc1. The Labute approximate surface area is 201 Å². The molecule has 0 saturated carbocycles. The number of aliphatic hydroxyl groups excluding tert-OH is 1. The van der Waals surface area contributed by atoms with Gasteiger partial charge in [0.1, 0.15) is 6.61 Å². The summed E-state index contributed by atoms with van der Waals surface area (Å²) < 4.78 is 5.13. The first kappa shape index (κ1) is 28.9. The average molecular weight is 478 g/mol. The molecule has 0 aromatic heterocycles. The second kappa shape index (κ2) is 18.3. The number of nitrogens with zero attached hydrogens (tertiary/aromatic N) is 1. The third-order valence-corrected chi connectivity index (χ3v) is 4.96. The van der Waals surface area contributed by atoms with E-state index in [1.807, 2.05) is 30.3 Å². The van der Waals surface area contributed by atoms with Crippen LogP contribution in [0.25, 0.3) is 0 Å². The van der Waals surface area contributed by atoms with Gasteiger partial charge in [0.05, 0.1) is 18.9 Å². The highest BCUT2D eigenvalue weighted by Gasteiger charge is 2.13. The van der Waals surface area contributed by atoms with Crippen LogP contribution in [0.1, 0.15) is 63.4 Å². The zero-order valence-electron chi connectivity index (χ0n) is 19.8. The number of benzene rings is 1. The number of carbonyl (C=O) groups excluding carboxylic acids is 3. The van der Waals surface area contributed by atoms with Crippen molar-refractivity contribution in [3.05, 3.63) is 35.9 Å². The molecule has 0 fully saturated rings. The van der Waals surface area contributed by atoms with Gasteiger partial charge in [-0.3, -0.25) is 19.4 Å². The summed E-state index contributed by atoms with van der Waals surface area (Å²) in [6.45, 7) is 0.967. The number of rotatable bonds is 18. The van der Waals surface area contributed by atoms with Crippen LogP contribution in [0.15, 0.2) is 35.3 Å². The van der Waals surface area contributed by atoms with Crippen LogP contribution in [-0.2, 0) is 25.7 Å². The molecule has 0 aliphatic carbocycles. The highest BCUT2D eigenvalue weighted by Crippen LogP contribution is 2.07. The van der Waals surface area contributed by atoms with Crippen molar-refractivity contribution < 1.29 is 24.2 Å². The molecule has 2 amide bonds. The summed E-state index contributed by atoms with van der Waals surface area (Å²) in [7, 11) is 0. The maximum absolute atomic E-state index is 11.9. The van der Waals surface area contributed by atoms with Crippen LogP contribution in [-0.4, -0.2) is 54.6 Å². The first-order chi connectivity index (χ1) is 16.4. The Hall–Kier alpha value is -3.14. The molecule has 1 atom stereocenters. The van der Waals surface area contributed by atoms with E-state index in [9.17, 15) is 19.5 Å². The van der Waals surface area contributed by atoms with Crippen LogP contribution >= 0.6 is 0 Å². The summed E-state index contributed by atoms with van der Waals surface area (Å²) in [6.07, 6.45) is 5.12. The van der Waals surface area contributed by atoms with E-state index >= 15 is 0 Å². The highest BCUT2D eigenvalue weighted by atomic mass is 16.5. The molecule has 1 rings (SSSR count). The van der Waals surface area contributed by atoms with Crippen molar-refractivity contribution in [2.24, 2.45) is 16.5 Å². The molecule has 1 aromatic carbocycles. The van der Waals surface area contributed by atoms with E-state index in [1.54, 1.807) is 0 Å². The van der Waals surface area contributed by atoms with Gasteiger partial charge >= 0.3 is 5.97 Å². The maximum Gasteiger partial charge on any atom is 0.307 e. The number of amides is 2. The van der Waals surface area contributed by atoms with Crippen molar-refractivity contribution in [1.82, 2.24) is 10.6 Å². The Kier molecular flexibility index (Phi) is 15.6. The van der Waals surface area contributed by atoms with Crippen LogP contribution < -0.4 is 22.1 Å². The average Bonchev–Trinajstić information content (AvgIpc) is 2.80. The van der Waals surface area contributed by atoms with E-state index < -0.39 is 18.0 Å². The van der Waals surface area contributed by atoms with E-state index in [0.717, 1.165) is 44.1 Å². The molecular weight excluding hydrogens is 438 g/mol. The molecule has 0 spiro atoms. The number of guanidine groups is 1. The highest BCUT2D eigenvalue weighted by molar-refractivity contribution is 5.78. The predicted molar refractivity (Wildman–Crippen MR) is 130 cm³/mol. The minimum absolute atomic E-state index is 0.0101. The third-order valence-electron chi connectivity index (χ3n) is 4.96. The minimum Gasteiger partial charge on any atom is -0.461 e. The number of unbranched alkanes of at least 4 members (excludes halogenated alkanes) is 5. The Morgan fingerprint density at radius 2 is 1.59 bits per heavy atom. The number of carbonyl (C=O) groups is 3. The molecule has 7 N–H and O–H groups in total. The van der Waals surface area contributed by atoms with Gasteiger partial charge in [-0.25, -0.2) is 0 Å². The standard InChI is InChI=1S/C24H39N5O5/c25-24(26)28-14-9-4-2-1-3-8-12-21(31)29-17-20(30)16-22(32)27-15-13-23(33)34-18-19-10-6-5-7-11-19/h5-7,10-11,20,30H,1-4,8-9,12-18H2,(H,27,32)(H,29,31)(H4,25,26,28). The summed E-state index contributed by atoms with van der Waals surface area (Å²) in [4.78, 5) is 39.4. The molecule has 190 valence electrons. The molecule has 0 aliphatic rings. The Morgan fingerprint density at radius 1 is 0.912 bits per heavy atom. The molecule has 10 heteroatoms. The molecule has 1 unspecified atom stereocenters. The number of aliphatic imine (C=N–C) groups is 1. The van der Waals surface area contributed by atoms with Crippen LogP contribution in [0, 0.1) is 0 Å². The molecule has 10 nitrogen and oxygen atoms in total. The van der Waals surface area contributed by atoms with Crippen molar-refractivity contribution >= 4 is 23.7 Å². The van der Waals surface area contributed by atoms with Crippen molar-refractivity contribution in [2.45, 2.75) is 70.5 Å². The summed E-state index contributed by atoms with van der Waals surface area (Å²) in [5, 5.41) is 15.2. The van der Waals surface area contributed by atoms with Gasteiger partial charge in [-0.2, -0.15) is 0 Å². The number of nitrogens with one attached hydrogen (secondary N) is 2. The molecule has 0 aliphatic heterocycles. The summed E-state index contributed by atoms with van der Waals surface area (Å²) in [6, 6.07) is 9.32. The number of esters is 1. The van der Waals surface area contributed by atoms with Gasteiger partial charge in [-0.05, 0) is 18.4 Å². The van der Waals surface area contributed by atoms with Crippen molar-refractivity contribution in [3.63, 3.8) is 0 Å². The van der Waals surface area contributed by atoms with Crippen LogP contribution in [0.3, 0.4) is 0 Å². The molecule has 0 bridgehead atoms. The Morgan fingerprint density at radius 3 is 2.29 bits per heavy atom. The fourth-order valence-corrected chi connectivity index (χ4v) is 3.11. The van der Waals surface area contributed by atoms with Crippen molar-refractivity contribution in [3.8, 4) is 0 Å². The molecule has 0 heterocycles. The summed E-state index contributed by atoms with van der Waals surface area (Å²) >= 11 is 0. The normalized spacial score (nSPS) is 11.3. The van der Waals surface area contributed by atoms with Crippen molar-refractivity contribution in [2.75, 3.05) is 19.6 Å². The zero-order chi connectivity index (χ0) is 25.0. The van der Waals surface area contributed by atoms with E-state index in [4.69, 9.17) is 16.2 Å². The number of hydrogen-bond acceptors (Lipinski definition) is 6. The van der Waals surface area contributed by atoms with Crippen LogP contribution in [0.4, 0.5) is 0 Å². The number of aliphatic hydroxyl groups is 1. The molecular formula is C24H39N5O5.